The number of hydrazine groups is 1. The lowest BCUT2D eigenvalue weighted by molar-refractivity contribution is -0.138. The highest BCUT2D eigenvalue weighted by Gasteiger charge is 2.42. The second-order valence-corrected chi connectivity index (χ2v) is 17.1. The molecule has 12 nitrogen and oxygen atoms in total. The molecule has 2 rings (SSSR count). The number of rotatable bonds is 17. The van der Waals surface area contributed by atoms with Crippen molar-refractivity contribution in [3.63, 3.8) is 0 Å². The number of hydrogen-bond donors (Lipinski definition) is 4. The Morgan fingerprint density at radius 2 is 1.49 bits per heavy atom. The lowest BCUT2D eigenvalue weighted by atomic mass is 9.79. The van der Waals surface area contributed by atoms with Crippen molar-refractivity contribution < 1.29 is 40.3 Å². The van der Waals surface area contributed by atoms with Crippen LogP contribution in [-0.4, -0.2) is 106 Å². The number of nitrogens with one attached hydrogen (secondary N) is 2. The minimum Gasteiger partial charge on any atom is -0.390 e. The molecule has 0 aromatic rings. The van der Waals surface area contributed by atoms with Gasteiger partial charge in [0.2, 0.25) is 31.9 Å². The van der Waals surface area contributed by atoms with Gasteiger partial charge < -0.3 is 15.3 Å². The van der Waals surface area contributed by atoms with E-state index < -0.39 is 73.4 Å². The molecule has 0 heterocycles. The molecule has 5 N–H and O–H groups in total. The molecule has 0 aliphatic heterocycles. The number of amides is 2. The average molecular weight is 688 g/mol. The van der Waals surface area contributed by atoms with Crippen molar-refractivity contribution in [2.75, 3.05) is 32.4 Å². The number of likely N-dealkylation sites (N-methyl/N-ethyl adjacent to an activating group) is 1. The monoisotopic (exact) mass is 687 g/mol. The van der Waals surface area contributed by atoms with Crippen LogP contribution >= 0.6 is 0 Å². The van der Waals surface area contributed by atoms with Crippen molar-refractivity contribution in [3.05, 3.63) is 0 Å². The largest absolute Gasteiger partial charge is 0.390 e. The predicted molar refractivity (Wildman–Crippen MR) is 169 cm³/mol. The minimum absolute atomic E-state index is 0.00338. The van der Waals surface area contributed by atoms with Crippen molar-refractivity contribution in [1.82, 2.24) is 20.1 Å². The summed E-state index contributed by atoms with van der Waals surface area (Å²) in [4.78, 5) is 31.2. The zero-order chi connectivity index (χ0) is 34.1. The number of nitrogens with two attached hydrogens (primary N) is 1. The van der Waals surface area contributed by atoms with E-state index in [0.717, 1.165) is 0 Å². The molecule has 0 aromatic carbocycles. The molecule has 45 heavy (non-hydrogen) atoms. The van der Waals surface area contributed by atoms with Crippen LogP contribution in [0.4, 0.5) is 8.78 Å². The Balaban J connectivity index is 2.29. The van der Waals surface area contributed by atoms with Crippen LogP contribution in [-0.2, 0) is 29.6 Å². The van der Waals surface area contributed by atoms with E-state index in [0.29, 0.717) is 25.9 Å². The molecule has 0 aromatic heterocycles. The number of carbonyl (C=O) groups is 2. The number of sulfonamides is 2. The summed E-state index contributed by atoms with van der Waals surface area (Å²) in [5.74, 6) is -3.30. The topological polar surface area (TPSA) is 179 Å². The Kier molecular flexibility index (Phi) is 15.6. The summed E-state index contributed by atoms with van der Waals surface area (Å²) in [7, 11) is -6.38. The number of hydrogen-bond acceptors (Lipinski definition) is 8. The number of aliphatic hydroxyl groups excluding tert-OH is 1. The molecular formula is C29H55F2N5O7S2. The maximum absolute atomic E-state index is 14.3. The summed E-state index contributed by atoms with van der Waals surface area (Å²) >= 11 is 0. The molecule has 264 valence electrons. The van der Waals surface area contributed by atoms with E-state index in [9.17, 15) is 40.3 Å². The van der Waals surface area contributed by atoms with Gasteiger partial charge in [-0.2, -0.15) is 0 Å². The molecule has 0 bridgehead atoms. The summed E-state index contributed by atoms with van der Waals surface area (Å²) in [5, 5.41) is 19.6. The highest BCUT2D eigenvalue weighted by Crippen LogP contribution is 2.35. The molecular weight excluding hydrogens is 632 g/mol. The van der Waals surface area contributed by atoms with Crippen molar-refractivity contribution in [1.29, 1.82) is 0 Å². The first kappa shape index (κ1) is 39.7. The third-order valence-corrected chi connectivity index (χ3v) is 11.5. The van der Waals surface area contributed by atoms with Crippen LogP contribution in [0.1, 0.15) is 85.5 Å². The van der Waals surface area contributed by atoms with Gasteiger partial charge in [-0.25, -0.2) is 35.8 Å². The number of primary sulfonamides is 1. The zero-order valence-electron chi connectivity index (χ0n) is 27.3. The molecule has 0 saturated heterocycles. The van der Waals surface area contributed by atoms with E-state index in [4.69, 9.17) is 5.14 Å². The van der Waals surface area contributed by atoms with Crippen LogP contribution in [0.2, 0.25) is 0 Å². The maximum Gasteiger partial charge on any atom is 0.225 e. The lowest BCUT2D eigenvalue weighted by Gasteiger charge is -2.37. The molecule has 16 heteroatoms. The fourth-order valence-corrected chi connectivity index (χ4v) is 9.20. The van der Waals surface area contributed by atoms with Crippen LogP contribution in [0.25, 0.3) is 0 Å². The maximum atomic E-state index is 14.3. The van der Waals surface area contributed by atoms with E-state index in [-0.39, 0.29) is 69.1 Å². The third kappa shape index (κ3) is 13.3. The number of halogens is 2. The van der Waals surface area contributed by atoms with Gasteiger partial charge in [0, 0.05) is 44.9 Å². The lowest BCUT2D eigenvalue weighted by Crippen LogP contribution is -2.54. The zero-order valence-corrected chi connectivity index (χ0v) is 29.0. The van der Waals surface area contributed by atoms with Crippen molar-refractivity contribution in [3.8, 4) is 0 Å². The van der Waals surface area contributed by atoms with Crippen molar-refractivity contribution >= 4 is 31.9 Å². The van der Waals surface area contributed by atoms with Gasteiger partial charge in [0.25, 0.3) is 0 Å². The van der Waals surface area contributed by atoms with Gasteiger partial charge in [-0.3, -0.25) is 9.59 Å². The Hall–Kier alpha value is -1.46. The molecule has 0 spiro atoms. The fraction of sp³-hybridized carbons (Fsp3) is 0.931. The fourth-order valence-electron chi connectivity index (χ4n) is 6.69. The van der Waals surface area contributed by atoms with E-state index in [1.54, 1.807) is 18.7 Å². The first-order valence-corrected chi connectivity index (χ1v) is 19.4. The molecule has 0 radical (unpaired) electrons. The highest BCUT2D eigenvalue weighted by molar-refractivity contribution is 7.89. The smallest absolute Gasteiger partial charge is 0.225 e. The Bertz CT molecular complexity index is 1160. The van der Waals surface area contributed by atoms with Gasteiger partial charge >= 0.3 is 0 Å². The molecule has 7 atom stereocenters. The van der Waals surface area contributed by atoms with Crippen molar-refractivity contribution in [2.45, 2.75) is 115 Å². The molecule has 2 saturated carbocycles. The van der Waals surface area contributed by atoms with Crippen LogP contribution in [0.3, 0.4) is 0 Å². The minimum atomic E-state index is -4.09. The summed E-state index contributed by atoms with van der Waals surface area (Å²) in [6.07, 6.45) is -2.78. The van der Waals surface area contributed by atoms with Gasteiger partial charge in [-0.05, 0) is 63.2 Å². The standard InChI is InChI=1S/C29H55F2N5O7S2/c1-6-8-36(9-7-2)29(39)22-13-21(14-25(15-22)45(32,42)43)28(38)33-26(12-20-10-23(30)16-24(31)11-20)27(37)17-35(5)34-44(40,41)18-19(3)4/h19-27,34,37H,6-18H2,1-5H3,(H,33,38)(H2,32,42,43). The Morgan fingerprint density at radius 1 is 0.933 bits per heavy atom. The van der Waals surface area contributed by atoms with Gasteiger partial charge in [-0.15, -0.1) is 4.83 Å². The summed E-state index contributed by atoms with van der Waals surface area (Å²) in [6.45, 7) is 8.10. The number of alkyl halides is 2. The molecule has 7 unspecified atom stereocenters. The molecule has 2 fully saturated rings. The average Bonchev–Trinajstić information content (AvgIpc) is 2.89. The van der Waals surface area contributed by atoms with Gasteiger partial charge in [0.1, 0.15) is 12.3 Å². The van der Waals surface area contributed by atoms with E-state index in [1.165, 1.54) is 12.1 Å². The normalized spacial score (nSPS) is 27.7. The van der Waals surface area contributed by atoms with Gasteiger partial charge in [0.05, 0.1) is 23.1 Å². The third-order valence-electron chi connectivity index (χ3n) is 8.52. The number of aliphatic hydroxyl groups is 1. The number of carbonyl (C=O) groups excluding carboxylic acids is 2. The molecule has 2 amide bonds. The first-order valence-electron chi connectivity index (χ1n) is 16.1. The summed E-state index contributed by atoms with van der Waals surface area (Å²) in [6, 6.07) is -1.03. The predicted octanol–water partition coefficient (Wildman–Crippen LogP) is 1.84. The van der Waals surface area contributed by atoms with E-state index >= 15 is 0 Å². The first-order chi connectivity index (χ1) is 20.8. The van der Waals surface area contributed by atoms with Gasteiger partial charge in [-0.1, -0.05) is 27.7 Å². The van der Waals surface area contributed by atoms with Crippen LogP contribution in [0.15, 0.2) is 0 Å². The van der Waals surface area contributed by atoms with Crippen molar-refractivity contribution in [2.24, 2.45) is 28.8 Å². The second-order valence-electron chi connectivity index (χ2n) is 13.5. The van der Waals surface area contributed by atoms with E-state index in [2.05, 4.69) is 10.1 Å². The number of nitrogens with zero attached hydrogens (tertiary/aromatic N) is 2. The summed E-state index contributed by atoms with van der Waals surface area (Å²) in [5.41, 5.74) is 0. The quantitative estimate of drug-likeness (QED) is 0.167. The molecule has 2 aliphatic rings. The Labute approximate surface area is 268 Å². The van der Waals surface area contributed by atoms with E-state index in [1.807, 2.05) is 13.8 Å². The Morgan fingerprint density at radius 3 is 2.00 bits per heavy atom. The second kappa shape index (κ2) is 17.6. The van der Waals surface area contributed by atoms with Crippen LogP contribution in [0.5, 0.6) is 0 Å². The van der Waals surface area contributed by atoms with Crippen LogP contribution < -0.4 is 15.3 Å². The van der Waals surface area contributed by atoms with Crippen LogP contribution in [0, 0.1) is 23.7 Å². The SMILES string of the molecule is CCCN(CCC)C(=O)C1CC(C(=O)NC(CC2CC(F)CC(F)C2)C(O)CN(C)NS(=O)(=O)CC(C)C)CC(S(N)(=O)=O)C1. The van der Waals surface area contributed by atoms with Gasteiger partial charge in [0.15, 0.2) is 0 Å². The summed E-state index contributed by atoms with van der Waals surface area (Å²) < 4.78 is 78.3. The highest BCUT2D eigenvalue weighted by atomic mass is 32.2. The molecule has 2 aliphatic carbocycles.